The molecule has 1 saturated heterocycles. The maximum Gasteiger partial charge on any atom is 0.321 e. The predicted molar refractivity (Wildman–Crippen MR) is 159 cm³/mol. The number of nitrogens with one attached hydrogen (secondary N) is 4. The van der Waals surface area contributed by atoms with Crippen LogP contribution in [0.3, 0.4) is 0 Å². The second kappa shape index (κ2) is 9.15. The SMILES string of the molecule is C=Cc1c2[nH]c(c1C)/C=C1\N/C(=C3\c4[nH]c(c(C)c4C(=O)[C@@H]3C(=O)OC)/C=c3\[nH]/c(c(C)c3CC)=C\2)[C@@H](C)[C@@H]1C. The molecular weight excluding hydrogens is 500 g/mol. The van der Waals surface area contributed by atoms with Crippen LogP contribution in [0.15, 0.2) is 18.0 Å². The van der Waals surface area contributed by atoms with Crippen molar-refractivity contribution in [3.63, 3.8) is 0 Å². The van der Waals surface area contributed by atoms with E-state index in [1.165, 1.54) is 18.2 Å². The van der Waals surface area contributed by atoms with E-state index >= 15 is 0 Å². The van der Waals surface area contributed by atoms with Crippen molar-refractivity contribution < 1.29 is 14.3 Å². The Kier molecular flexibility index (Phi) is 5.95. The number of ketones is 1. The molecule has 0 saturated carbocycles. The molecule has 7 nitrogen and oxygen atoms in total. The van der Waals surface area contributed by atoms with Gasteiger partial charge in [-0.1, -0.05) is 33.4 Å². The van der Waals surface area contributed by atoms with Crippen LogP contribution in [0.2, 0.25) is 0 Å². The normalized spacial score (nSPS) is 25.9. The Labute approximate surface area is 233 Å². The van der Waals surface area contributed by atoms with Crippen molar-refractivity contribution in [3.8, 4) is 0 Å². The van der Waals surface area contributed by atoms with Crippen molar-refractivity contribution in [2.75, 3.05) is 7.11 Å². The smallest absolute Gasteiger partial charge is 0.321 e. The topological polar surface area (TPSA) is 103 Å². The number of hydrogen-bond donors (Lipinski definition) is 4. The molecule has 0 aromatic carbocycles. The zero-order valence-electron chi connectivity index (χ0n) is 24.2. The summed E-state index contributed by atoms with van der Waals surface area (Å²) >= 11 is 0. The summed E-state index contributed by atoms with van der Waals surface area (Å²) < 4.78 is 5.15. The van der Waals surface area contributed by atoms with E-state index in [9.17, 15) is 9.59 Å². The van der Waals surface area contributed by atoms with Gasteiger partial charge in [0, 0.05) is 67.7 Å². The zero-order valence-corrected chi connectivity index (χ0v) is 24.2. The molecular formula is C33H36N4O3. The number of Topliss-reactive ketones (excluding diaryl/α,β-unsaturated/α-hetero) is 1. The van der Waals surface area contributed by atoms with E-state index < -0.39 is 11.9 Å². The quantitative estimate of drug-likeness (QED) is 0.295. The van der Waals surface area contributed by atoms with Gasteiger partial charge in [0.25, 0.3) is 0 Å². The van der Waals surface area contributed by atoms with Crippen LogP contribution >= 0.6 is 0 Å². The molecule has 3 aromatic rings. The van der Waals surface area contributed by atoms with Crippen molar-refractivity contribution in [2.45, 2.75) is 48.0 Å². The molecule has 1 fully saturated rings. The number of esters is 1. The Morgan fingerprint density at radius 2 is 1.65 bits per heavy atom. The fraction of sp³-hybridized carbons (Fsp3) is 0.333. The van der Waals surface area contributed by atoms with Gasteiger partial charge < -0.3 is 25.0 Å². The number of aromatic amines is 3. The van der Waals surface area contributed by atoms with Gasteiger partial charge in [-0.05, 0) is 67.7 Å². The predicted octanol–water partition coefficient (Wildman–Crippen LogP) is 4.39. The summed E-state index contributed by atoms with van der Waals surface area (Å²) in [5, 5.41) is 5.66. The Bertz CT molecular complexity index is 1820. The number of H-pyrrole nitrogens is 3. The Morgan fingerprint density at radius 3 is 2.33 bits per heavy atom. The van der Waals surface area contributed by atoms with Crippen molar-refractivity contribution in [1.82, 2.24) is 20.3 Å². The maximum atomic E-state index is 13.8. The van der Waals surface area contributed by atoms with Gasteiger partial charge in [-0.15, -0.1) is 0 Å². The largest absolute Gasteiger partial charge is 0.468 e. The highest BCUT2D eigenvalue weighted by Gasteiger charge is 2.47. The first-order valence-corrected chi connectivity index (χ1v) is 13.9. The second-order valence-electron chi connectivity index (χ2n) is 11.3. The number of fused-ring (bicyclic) bond motifs is 7. The standard InChI is InChI=1S/C33H36N4O3/c1-9-19-16(5)22-11-21-14(3)15(4)30(36-21)28-29(33(39)40-8)32(38)27-18(7)24(37-31(27)28)13-26-20(10-2)17(6)23(35-26)12-25(19)34-22/h9,11-15,29,34-37H,1,10H2,2-8H3/b21-11-,23-12-,26-13-,30-28-/t14-,15-,29+/m0/s1. The summed E-state index contributed by atoms with van der Waals surface area (Å²) in [6.07, 6.45) is 9.15. The van der Waals surface area contributed by atoms with E-state index in [1.54, 1.807) is 0 Å². The monoisotopic (exact) mass is 536 g/mol. The number of carbonyl (C=O) groups excluding carboxylic acids is 2. The van der Waals surface area contributed by atoms with E-state index in [0.29, 0.717) is 16.8 Å². The Hall–Kier alpha value is -4.26. The fourth-order valence-electron chi connectivity index (χ4n) is 6.72. The molecule has 1 aliphatic carbocycles. The summed E-state index contributed by atoms with van der Waals surface area (Å²) in [4.78, 5) is 37.7. The molecule has 0 radical (unpaired) electrons. The van der Waals surface area contributed by atoms with Crippen LogP contribution in [0.5, 0.6) is 0 Å². The van der Waals surface area contributed by atoms with E-state index in [1.807, 2.05) is 13.0 Å². The molecule has 0 unspecified atom stereocenters. The van der Waals surface area contributed by atoms with Crippen LogP contribution in [0.4, 0.5) is 0 Å². The molecule has 3 aliphatic rings. The van der Waals surface area contributed by atoms with Crippen molar-refractivity contribution in [1.29, 1.82) is 0 Å². The summed E-state index contributed by atoms with van der Waals surface area (Å²) in [5.74, 6) is -1.56. The molecule has 40 heavy (non-hydrogen) atoms. The van der Waals surface area contributed by atoms with E-state index in [2.05, 4.69) is 79.7 Å². The average Bonchev–Trinajstić information content (AvgIpc) is 3.66. The maximum absolute atomic E-state index is 13.8. The van der Waals surface area contributed by atoms with Crippen LogP contribution in [0.1, 0.15) is 81.7 Å². The molecule has 0 amide bonds. The molecule has 0 spiro atoms. The van der Waals surface area contributed by atoms with Gasteiger partial charge in [0.15, 0.2) is 5.78 Å². The molecule has 8 bridgehead atoms. The van der Waals surface area contributed by atoms with Crippen molar-refractivity contribution >= 4 is 41.6 Å². The molecule has 2 aliphatic heterocycles. The van der Waals surface area contributed by atoms with E-state index in [0.717, 1.165) is 62.3 Å². The second-order valence-corrected chi connectivity index (χ2v) is 11.3. The highest BCUT2D eigenvalue weighted by molar-refractivity contribution is 6.24. The fourth-order valence-corrected chi connectivity index (χ4v) is 6.72. The lowest BCUT2D eigenvalue weighted by molar-refractivity contribution is -0.141. The summed E-state index contributed by atoms with van der Waals surface area (Å²) in [5.41, 5.74) is 12.1. The first-order valence-electron chi connectivity index (χ1n) is 13.9. The minimum Gasteiger partial charge on any atom is -0.468 e. The highest BCUT2D eigenvalue weighted by atomic mass is 16.5. The number of methoxy groups -OCH3 is 1. The molecule has 206 valence electrons. The molecule has 7 heteroatoms. The Morgan fingerprint density at radius 1 is 0.950 bits per heavy atom. The number of allylic oxidation sites excluding steroid dienone is 2. The third-order valence-electron chi connectivity index (χ3n) is 9.31. The van der Waals surface area contributed by atoms with Crippen LogP contribution in [-0.4, -0.2) is 33.8 Å². The number of carbonyl (C=O) groups is 2. The van der Waals surface area contributed by atoms with E-state index in [-0.39, 0.29) is 17.6 Å². The lowest BCUT2D eigenvalue weighted by atomic mass is 9.89. The van der Waals surface area contributed by atoms with Gasteiger partial charge in [-0.3, -0.25) is 9.59 Å². The zero-order chi connectivity index (χ0) is 28.6. The number of hydrogen-bond acceptors (Lipinski definition) is 4. The van der Waals surface area contributed by atoms with Gasteiger partial charge in [0.2, 0.25) is 0 Å². The average molecular weight is 537 g/mol. The van der Waals surface area contributed by atoms with Crippen molar-refractivity contribution in [2.24, 2.45) is 17.8 Å². The summed E-state index contributed by atoms with van der Waals surface area (Å²) in [6, 6.07) is 0. The third-order valence-corrected chi connectivity index (χ3v) is 9.31. The molecule has 4 N–H and O–H groups in total. The van der Waals surface area contributed by atoms with Crippen LogP contribution in [-0.2, 0) is 16.0 Å². The molecule has 6 rings (SSSR count). The minimum atomic E-state index is -0.999. The van der Waals surface area contributed by atoms with Gasteiger partial charge >= 0.3 is 5.97 Å². The number of aromatic nitrogens is 3. The first-order chi connectivity index (χ1) is 19.1. The number of rotatable bonds is 3. The van der Waals surface area contributed by atoms with Gasteiger partial charge in [0.1, 0.15) is 5.92 Å². The van der Waals surface area contributed by atoms with Gasteiger partial charge in [-0.2, -0.15) is 0 Å². The van der Waals surface area contributed by atoms with Crippen molar-refractivity contribution in [3.05, 3.63) is 84.8 Å². The van der Waals surface area contributed by atoms with Crippen LogP contribution in [0.25, 0.3) is 29.9 Å². The lowest BCUT2D eigenvalue weighted by Crippen LogP contribution is -2.24. The van der Waals surface area contributed by atoms with Gasteiger partial charge in [0.05, 0.1) is 12.8 Å². The molecule has 3 atom stereocenters. The first kappa shape index (κ1) is 26.0. The third kappa shape index (κ3) is 3.49. The molecule has 3 aromatic heterocycles. The van der Waals surface area contributed by atoms with Gasteiger partial charge in [-0.25, -0.2) is 0 Å². The van der Waals surface area contributed by atoms with Crippen LogP contribution < -0.4 is 16.0 Å². The van der Waals surface area contributed by atoms with Crippen LogP contribution in [0, 0.1) is 38.5 Å². The van der Waals surface area contributed by atoms with E-state index in [4.69, 9.17) is 4.74 Å². The highest BCUT2D eigenvalue weighted by Crippen LogP contribution is 2.47. The Balaban J connectivity index is 1.75. The summed E-state index contributed by atoms with van der Waals surface area (Å²) in [6.45, 7) is 16.7. The number of ether oxygens (including phenoxy) is 1. The lowest BCUT2D eigenvalue weighted by Gasteiger charge is -2.16. The molecule has 5 heterocycles. The summed E-state index contributed by atoms with van der Waals surface area (Å²) in [7, 11) is 1.34. The minimum absolute atomic E-state index is 0.0546.